The van der Waals surface area contributed by atoms with Crippen molar-refractivity contribution in [2.45, 2.75) is 20.0 Å². The minimum atomic E-state index is 0.337. The van der Waals surface area contributed by atoms with Gasteiger partial charge in [-0.05, 0) is 19.9 Å². The van der Waals surface area contributed by atoms with E-state index in [1.54, 1.807) is 0 Å². The first-order chi connectivity index (χ1) is 5.18. The molecule has 0 radical (unpaired) electrons. The number of epoxide rings is 1. The first-order valence-corrected chi connectivity index (χ1v) is 3.76. The highest BCUT2D eigenvalue weighted by atomic mass is 16.6. The van der Waals surface area contributed by atoms with Crippen LogP contribution >= 0.6 is 0 Å². The molecule has 2 heteroatoms. The van der Waals surface area contributed by atoms with Crippen LogP contribution in [0.3, 0.4) is 0 Å². The van der Waals surface area contributed by atoms with E-state index in [2.05, 4.69) is 6.58 Å². The lowest BCUT2D eigenvalue weighted by atomic mass is 10.3. The van der Waals surface area contributed by atoms with Gasteiger partial charge in [-0.25, -0.2) is 0 Å². The Kier molecular flexibility index (Phi) is 2.71. The Balaban J connectivity index is 2.17. The van der Waals surface area contributed by atoms with Gasteiger partial charge < -0.3 is 9.47 Å². The van der Waals surface area contributed by atoms with Gasteiger partial charge in [0.05, 0.1) is 12.4 Å². The molecule has 2 nitrogen and oxygen atoms in total. The summed E-state index contributed by atoms with van der Waals surface area (Å²) in [5.41, 5.74) is 1.01. The van der Waals surface area contributed by atoms with E-state index < -0.39 is 0 Å². The van der Waals surface area contributed by atoms with Crippen molar-refractivity contribution in [3.8, 4) is 0 Å². The molecule has 0 aromatic rings. The maximum absolute atomic E-state index is 5.35. The predicted molar refractivity (Wildman–Crippen MR) is 44.3 cm³/mol. The van der Waals surface area contributed by atoms with Gasteiger partial charge >= 0.3 is 0 Å². The van der Waals surface area contributed by atoms with E-state index >= 15 is 0 Å². The average Bonchev–Trinajstić information content (AvgIpc) is 2.63. The topological polar surface area (TPSA) is 21.8 Å². The van der Waals surface area contributed by atoms with E-state index in [1.165, 1.54) is 0 Å². The second kappa shape index (κ2) is 3.58. The maximum atomic E-state index is 5.35. The summed E-state index contributed by atoms with van der Waals surface area (Å²) < 4.78 is 10.3. The molecular weight excluding hydrogens is 140 g/mol. The van der Waals surface area contributed by atoms with Crippen LogP contribution in [-0.4, -0.2) is 19.3 Å². The van der Waals surface area contributed by atoms with Crippen LogP contribution in [0.25, 0.3) is 0 Å². The lowest BCUT2D eigenvalue weighted by Crippen LogP contribution is -1.99. The molecule has 1 rings (SSSR count). The quantitative estimate of drug-likeness (QED) is 0.350. The van der Waals surface area contributed by atoms with Gasteiger partial charge in [0.2, 0.25) is 0 Å². The van der Waals surface area contributed by atoms with Crippen LogP contribution in [0.5, 0.6) is 0 Å². The van der Waals surface area contributed by atoms with Gasteiger partial charge in [0.1, 0.15) is 12.7 Å². The van der Waals surface area contributed by atoms with Crippen LogP contribution in [-0.2, 0) is 9.47 Å². The molecule has 0 N–H and O–H groups in total. The summed E-state index contributed by atoms with van der Waals surface area (Å²) in [6.07, 6.45) is 2.26. The normalized spacial score (nSPS) is 23.1. The Labute approximate surface area is 67.5 Å². The predicted octanol–water partition coefficient (Wildman–Crippen LogP) is 1.88. The summed E-state index contributed by atoms with van der Waals surface area (Å²) in [6.45, 7) is 9.15. The summed E-state index contributed by atoms with van der Waals surface area (Å²) in [5.74, 6) is 0.910. The van der Waals surface area contributed by atoms with Gasteiger partial charge in [-0.15, -0.1) is 0 Å². The third-order valence-electron chi connectivity index (χ3n) is 1.35. The Hall–Kier alpha value is -0.760. The second-order valence-electron chi connectivity index (χ2n) is 2.87. The number of allylic oxidation sites excluding steroid dienone is 3. The highest BCUT2D eigenvalue weighted by Crippen LogP contribution is 2.11. The van der Waals surface area contributed by atoms with Gasteiger partial charge in [0, 0.05) is 0 Å². The third kappa shape index (κ3) is 3.83. The zero-order valence-electron chi connectivity index (χ0n) is 7.09. The number of rotatable bonds is 4. The van der Waals surface area contributed by atoms with E-state index in [4.69, 9.17) is 9.47 Å². The fourth-order valence-electron chi connectivity index (χ4n) is 0.777. The van der Waals surface area contributed by atoms with Crippen molar-refractivity contribution in [3.63, 3.8) is 0 Å². The minimum absolute atomic E-state index is 0.337. The molecule has 1 heterocycles. The first-order valence-electron chi connectivity index (χ1n) is 3.76. The van der Waals surface area contributed by atoms with Crippen molar-refractivity contribution in [2.24, 2.45) is 0 Å². The molecule has 1 atom stereocenters. The lowest BCUT2D eigenvalue weighted by Gasteiger charge is -2.02. The Bertz CT molecular complexity index is 178. The molecule has 0 bridgehead atoms. The summed E-state index contributed by atoms with van der Waals surface area (Å²) in [6, 6.07) is 0. The zero-order valence-corrected chi connectivity index (χ0v) is 7.09. The molecule has 0 spiro atoms. The molecule has 11 heavy (non-hydrogen) atoms. The van der Waals surface area contributed by atoms with Crippen LogP contribution in [0.2, 0.25) is 0 Å². The van der Waals surface area contributed by atoms with Gasteiger partial charge in [0.25, 0.3) is 0 Å². The van der Waals surface area contributed by atoms with Crippen LogP contribution in [0.4, 0.5) is 0 Å². The summed E-state index contributed by atoms with van der Waals surface area (Å²) >= 11 is 0. The molecule has 0 aliphatic carbocycles. The van der Waals surface area contributed by atoms with Crippen molar-refractivity contribution >= 4 is 0 Å². The van der Waals surface area contributed by atoms with Gasteiger partial charge in [-0.3, -0.25) is 0 Å². The largest absolute Gasteiger partial charge is 0.495 e. The van der Waals surface area contributed by atoms with Crippen molar-refractivity contribution in [1.82, 2.24) is 0 Å². The monoisotopic (exact) mass is 154 g/mol. The molecule has 1 aliphatic heterocycles. The molecule has 1 fully saturated rings. The molecular formula is C9H14O2. The van der Waals surface area contributed by atoms with Crippen molar-refractivity contribution in [2.75, 3.05) is 13.2 Å². The molecule has 1 saturated heterocycles. The number of ether oxygens (including phenoxy) is 2. The van der Waals surface area contributed by atoms with Gasteiger partial charge in [-0.2, -0.15) is 0 Å². The average molecular weight is 154 g/mol. The van der Waals surface area contributed by atoms with E-state index in [-0.39, 0.29) is 0 Å². The van der Waals surface area contributed by atoms with Crippen molar-refractivity contribution in [1.29, 1.82) is 0 Å². The number of hydrogen-bond acceptors (Lipinski definition) is 2. The van der Waals surface area contributed by atoms with Crippen molar-refractivity contribution < 1.29 is 9.47 Å². The van der Waals surface area contributed by atoms with E-state index in [1.807, 2.05) is 19.9 Å². The molecule has 0 aromatic carbocycles. The van der Waals surface area contributed by atoms with E-state index in [9.17, 15) is 0 Å². The molecule has 62 valence electrons. The smallest absolute Gasteiger partial charge is 0.116 e. The van der Waals surface area contributed by atoms with Gasteiger partial charge in [-0.1, -0.05) is 12.2 Å². The molecule has 0 saturated carbocycles. The number of hydrogen-bond donors (Lipinski definition) is 0. The highest BCUT2D eigenvalue weighted by molar-refractivity contribution is 5.13. The minimum Gasteiger partial charge on any atom is -0.495 e. The summed E-state index contributed by atoms with van der Waals surface area (Å²) in [4.78, 5) is 0. The summed E-state index contributed by atoms with van der Waals surface area (Å²) in [7, 11) is 0. The lowest BCUT2D eigenvalue weighted by molar-refractivity contribution is 0.184. The Morgan fingerprint density at radius 1 is 1.73 bits per heavy atom. The zero-order chi connectivity index (χ0) is 8.27. The fourth-order valence-corrected chi connectivity index (χ4v) is 0.777. The Morgan fingerprint density at radius 2 is 2.36 bits per heavy atom. The van der Waals surface area contributed by atoms with Crippen LogP contribution in [0, 0.1) is 0 Å². The van der Waals surface area contributed by atoms with Crippen LogP contribution in [0.15, 0.2) is 24.0 Å². The standard InChI is InChI=1S/C9H14O2/c1-7(2)4-8(3)10-5-9-6-11-9/h4,9H,1,5-6H2,2-3H3/b8-4+. The fraction of sp³-hybridized carbons (Fsp3) is 0.556. The summed E-state index contributed by atoms with van der Waals surface area (Å²) in [5, 5.41) is 0. The van der Waals surface area contributed by atoms with Crippen molar-refractivity contribution in [3.05, 3.63) is 24.0 Å². The first kappa shape index (κ1) is 8.34. The highest BCUT2D eigenvalue weighted by Gasteiger charge is 2.22. The van der Waals surface area contributed by atoms with Crippen LogP contribution in [0.1, 0.15) is 13.8 Å². The van der Waals surface area contributed by atoms with Gasteiger partial charge in [0.15, 0.2) is 0 Å². The molecule has 1 unspecified atom stereocenters. The Morgan fingerprint density at radius 3 is 2.82 bits per heavy atom. The second-order valence-corrected chi connectivity index (χ2v) is 2.87. The van der Waals surface area contributed by atoms with Crippen LogP contribution < -0.4 is 0 Å². The third-order valence-corrected chi connectivity index (χ3v) is 1.35. The van der Waals surface area contributed by atoms with E-state index in [0.717, 1.165) is 17.9 Å². The van der Waals surface area contributed by atoms with E-state index in [0.29, 0.717) is 12.7 Å². The molecule has 0 amide bonds. The SMILES string of the molecule is C=C(C)/C=C(\C)OCC1CO1. The molecule has 1 aliphatic rings. The molecule has 0 aromatic heterocycles. The maximum Gasteiger partial charge on any atom is 0.116 e.